The zero-order valence-electron chi connectivity index (χ0n) is 12.9. The van der Waals surface area contributed by atoms with Crippen LogP contribution >= 0.6 is 11.8 Å². The van der Waals surface area contributed by atoms with Gasteiger partial charge in [0.15, 0.2) is 0 Å². The van der Waals surface area contributed by atoms with Gasteiger partial charge in [-0.05, 0) is 31.1 Å². The molecule has 1 aromatic heterocycles. The second-order valence-electron chi connectivity index (χ2n) is 5.35. The standard InChI is InChI=1S/C16H25N3OS/c1-3-9-18-14-11-17-10-8-12(14)16(20)19-13-6-5-7-15(13)21-4-2/h8,10-11,13,15,18H,3-7,9H2,1-2H3,(H,19,20). The highest BCUT2D eigenvalue weighted by Gasteiger charge is 2.29. The lowest BCUT2D eigenvalue weighted by molar-refractivity contribution is 0.0939. The molecule has 1 heterocycles. The molecule has 116 valence electrons. The molecule has 2 unspecified atom stereocenters. The molecule has 0 spiro atoms. The van der Waals surface area contributed by atoms with Crippen LogP contribution in [0, 0.1) is 0 Å². The van der Waals surface area contributed by atoms with Crippen LogP contribution in [0.15, 0.2) is 18.5 Å². The molecule has 0 aromatic carbocycles. The van der Waals surface area contributed by atoms with Crippen molar-refractivity contribution in [3.8, 4) is 0 Å². The van der Waals surface area contributed by atoms with Crippen LogP contribution in [0.2, 0.25) is 0 Å². The van der Waals surface area contributed by atoms with Gasteiger partial charge in [-0.2, -0.15) is 11.8 Å². The molecule has 2 rings (SSSR count). The third kappa shape index (κ3) is 4.37. The lowest BCUT2D eigenvalue weighted by Crippen LogP contribution is -2.39. The van der Waals surface area contributed by atoms with E-state index in [1.165, 1.54) is 12.8 Å². The Hall–Kier alpha value is -1.23. The minimum atomic E-state index is 0.0182. The van der Waals surface area contributed by atoms with E-state index < -0.39 is 0 Å². The van der Waals surface area contributed by atoms with Gasteiger partial charge in [-0.15, -0.1) is 0 Å². The quantitative estimate of drug-likeness (QED) is 0.811. The summed E-state index contributed by atoms with van der Waals surface area (Å²) >= 11 is 1.96. The number of carbonyl (C=O) groups is 1. The molecular weight excluding hydrogens is 282 g/mol. The van der Waals surface area contributed by atoms with Crippen molar-refractivity contribution < 1.29 is 4.79 Å². The number of carbonyl (C=O) groups excluding carboxylic acids is 1. The van der Waals surface area contributed by atoms with Gasteiger partial charge in [0, 0.05) is 24.0 Å². The van der Waals surface area contributed by atoms with E-state index in [0.29, 0.717) is 16.9 Å². The summed E-state index contributed by atoms with van der Waals surface area (Å²) in [5.41, 5.74) is 1.53. The Bertz CT molecular complexity index is 467. The van der Waals surface area contributed by atoms with Crippen molar-refractivity contribution in [2.24, 2.45) is 0 Å². The number of hydrogen-bond donors (Lipinski definition) is 2. The van der Waals surface area contributed by atoms with Crippen molar-refractivity contribution >= 4 is 23.4 Å². The van der Waals surface area contributed by atoms with Crippen LogP contribution in [0.1, 0.15) is 49.9 Å². The van der Waals surface area contributed by atoms with Crippen molar-refractivity contribution in [3.05, 3.63) is 24.0 Å². The van der Waals surface area contributed by atoms with Crippen molar-refractivity contribution in [3.63, 3.8) is 0 Å². The molecular formula is C16H25N3OS. The lowest BCUT2D eigenvalue weighted by atomic mass is 10.1. The Morgan fingerprint density at radius 3 is 3.05 bits per heavy atom. The Labute approximate surface area is 131 Å². The molecule has 2 N–H and O–H groups in total. The van der Waals surface area contributed by atoms with Crippen LogP contribution in [0.4, 0.5) is 5.69 Å². The van der Waals surface area contributed by atoms with E-state index in [4.69, 9.17) is 0 Å². The minimum Gasteiger partial charge on any atom is -0.383 e. The predicted octanol–water partition coefficient (Wildman–Crippen LogP) is 3.31. The molecule has 2 atom stereocenters. The second kappa shape index (κ2) is 8.27. The Balaban J connectivity index is 2.02. The van der Waals surface area contributed by atoms with Gasteiger partial charge in [0.2, 0.25) is 0 Å². The third-order valence-electron chi connectivity index (χ3n) is 3.78. The lowest BCUT2D eigenvalue weighted by Gasteiger charge is -2.21. The van der Waals surface area contributed by atoms with Gasteiger partial charge in [0.05, 0.1) is 17.4 Å². The first-order chi connectivity index (χ1) is 10.3. The minimum absolute atomic E-state index is 0.0182. The fraction of sp³-hybridized carbons (Fsp3) is 0.625. The van der Waals surface area contributed by atoms with Gasteiger partial charge in [-0.25, -0.2) is 0 Å². The van der Waals surface area contributed by atoms with Crippen LogP contribution in [0.5, 0.6) is 0 Å². The van der Waals surface area contributed by atoms with E-state index in [1.807, 2.05) is 11.8 Å². The van der Waals surface area contributed by atoms with E-state index in [1.54, 1.807) is 18.5 Å². The average Bonchev–Trinajstić information content (AvgIpc) is 2.93. The topological polar surface area (TPSA) is 54.0 Å². The van der Waals surface area contributed by atoms with Crippen LogP contribution in [0.3, 0.4) is 0 Å². The van der Waals surface area contributed by atoms with Crippen molar-refractivity contribution in [1.82, 2.24) is 10.3 Å². The van der Waals surface area contributed by atoms with E-state index in [-0.39, 0.29) is 5.91 Å². The van der Waals surface area contributed by atoms with E-state index in [2.05, 4.69) is 29.5 Å². The summed E-state index contributed by atoms with van der Waals surface area (Å²) in [5.74, 6) is 1.12. The highest BCUT2D eigenvalue weighted by atomic mass is 32.2. The molecule has 1 aromatic rings. The maximum atomic E-state index is 12.5. The number of nitrogens with zero attached hydrogens (tertiary/aromatic N) is 1. The van der Waals surface area contributed by atoms with Gasteiger partial charge in [-0.3, -0.25) is 9.78 Å². The molecule has 0 bridgehead atoms. The number of hydrogen-bond acceptors (Lipinski definition) is 4. The molecule has 1 amide bonds. The fourth-order valence-electron chi connectivity index (χ4n) is 2.74. The van der Waals surface area contributed by atoms with E-state index in [0.717, 1.165) is 30.8 Å². The van der Waals surface area contributed by atoms with Crippen LogP contribution in [-0.4, -0.2) is 34.5 Å². The number of pyridine rings is 1. The zero-order valence-corrected chi connectivity index (χ0v) is 13.7. The first-order valence-electron chi connectivity index (χ1n) is 7.86. The normalized spacial score (nSPS) is 21.2. The third-order valence-corrected chi connectivity index (χ3v) is 5.11. The number of aromatic nitrogens is 1. The summed E-state index contributed by atoms with van der Waals surface area (Å²) in [4.78, 5) is 16.7. The average molecular weight is 307 g/mol. The maximum absolute atomic E-state index is 12.5. The molecule has 0 aliphatic heterocycles. The Kier molecular flexibility index (Phi) is 6.36. The predicted molar refractivity (Wildman–Crippen MR) is 90.0 cm³/mol. The summed E-state index contributed by atoms with van der Waals surface area (Å²) in [6, 6.07) is 2.10. The number of thioether (sulfide) groups is 1. The number of amides is 1. The number of nitrogens with one attached hydrogen (secondary N) is 2. The molecule has 1 saturated carbocycles. The SMILES string of the molecule is CCCNc1cnccc1C(=O)NC1CCCC1SCC. The summed E-state index contributed by atoms with van der Waals surface area (Å²) in [7, 11) is 0. The summed E-state index contributed by atoms with van der Waals surface area (Å²) in [6.07, 6.45) is 7.94. The monoisotopic (exact) mass is 307 g/mol. The molecule has 5 heteroatoms. The number of anilines is 1. The van der Waals surface area contributed by atoms with Crippen molar-refractivity contribution in [1.29, 1.82) is 0 Å². The molecule has 1 aliphatic rings. The first-order valence-corrected chi connectivity index (χ1v) is 8.91. The number of rotatable bonds is 7. The van der Waals surface area contributed by atoms with Crippen LogP contribution in [0.25, 0.3) is 0 Å². The van der Waals surface area contributed by atoms with Crippen molar-refractivity contribution in [2.45, 2.75) is 50.8 Å². The van der Waals surface area contributed by atoms with E-state index in [9.17, 15) is 4.79 Å². The molecule has 4 nitrogen and oxygen atoms in total. The van der Waals surface area contributed by atoms with E-state index >= 15 is 0 Å². The smallest absolute Gasteiger partial charge is 0.253 e. The molecule has 0 saturated heterocycles. The molecule has 0 radical (unpaired) electrons. The molecule has 1 aliphatic carbocycles. The van der Waals surface area contributed by atoms with Crippen molar-refractivity contribution in [2.75, 3.05) is 17.6 Å². The van der Waals surface area contributed by atoms with Gasteiger partial charge in [0.25, 0.3) is 5.91 Å². The van der Waals surface area contributed by atoms with Gasteiger partial charge in [0.1, 0.15) is 0 Å². The van der Waals surface area contributed by atoms with Gasteiger partial charge < -0.3 is 10.6 Å². The zero-order chi connectivity index (χ0) is 15.1. The fourth-order valence-corrected chi connectivity index (χ4v) is 3.94. The summed E-state index contributed by atoms with van der Waals surface area (Å²) in [6.45, 7) is 5.13. The highest BCUT2D eigenvalue weighted by molar-refractivity contribution is 7.99. The van der Waals surface area contributed by atoms with Gasteiger partial charge in [-0.1, -0.05) is 20.3 Å². The maximum Gasteiger partial charge on any atom is 0.253 e. The largest absolute Gasteiger partial charge is 0.383 e. The Morgan fingerprint density at radius 1 is 1.43 bits per heavy atom. The first kappa shape index (κ1) is 16.1. The Morgan fingerprint density at radius 2 is 2.29 bits per heavy atom. The van der Waals surface area contributed by atoms with Crippen LogP contribution < -0.4 is 10.6 Å². The summed E-state index contributed by atoms with van der Waals surface area (Å²) in [5, 5.41) is 7.06. The summed E-state index contributed by atoms with van der Waals surface area (Å²) < 4.78 is 0. The van der Waals surface area contributed by atoms with Gasteiger partial charge >= 0.3 is 0 Å². The molecule has 21 heavy (non-hydrogen) atoms. The second-order valence-corrected chi connectivity index (χ2v) is 6.87. The molecule has 1 fully saturated rings. The highest BCUT2D eigenvalue weighted by Crippen LogP contribution is 2.30. The van der Waals surface area contributed by atoms with Crippen LogP contribution in [-0.2, 0) is 0 Å².